The zero-order valence-electron chi connectivity index (χ0n) is 16.5. The monoisotopic (exact) mass is 372 g/mol. The van der Waals surface area contributed by atoms with Crippen molar-refractivity contribution < 1.29 is 24.8 Å². The Balaban J connectivity index is 1.93. The van der Waals surface area contributed by atoms with Gasteiger partial charge in [0.05, 0.1) is 13.2 Å². The zero-order valence-corrected chi connectivity index (χ0v) is 16.5. The number of rotatable bonds is 15. The van der Waals surface area contributed by atoms with Gasteiger partial charge in [-0.1, -0.05) is 57.6 Å². The topological polar surface area (TPSA) is 79.2 Å². The van der Waals surface area contributed by atoms with Crippen molar-refractivity contribution in [3.8, 4) is 0 Å². The van der Waals surface area contributed by atoms with Gasteiger partial charge in [-0.15, -0.1) is 0 Å². The predicted molar refractivity (Wildman–Crippen MR) is 104 cm³/mol. The fourth-order valence-corrected chi connectivity index (χ4v) is 3.26. The number of aliphatic hydroxyl groups excluding tert-OH is 3. The molecule has 0 aliphatic carbocycles. The first-order valence-corrected chi connectivity index (χ1v) is 10.6. The van der Waals surface area contributed by atoms with Crippen molar-refractivity contribution in [3.63, 3.8) is 0 Å². The first-order valence-electron chi connectivity index (χ1n) is 10.6. The van der Waals surface area contributed by atoms with Crippen molar-refractivity contribution in [1.29, 1.82) is 0 Å². The molecule has 154 valence electrons. The van der Waals surface area contributed by atoms with Gasteiger partial charge in [0.25, 0.3) is 0 Å². The van der Waals surface area contributed by atoms with Crippen molar-refractivity contribution in [1.82, 2.24) is 0 Å². The summed E-state index contributed by atoms with van der Waals surface area (Å²) in [5, 5.41) is 29.0. The van der Waals surface area contributed by atoms with Crippen LogP contribution in [0.25, 0.3) is 0 Å². The largest absolute Gasteiger partial charge is 0.394 e. The Kier molecular flexibility index (Phi) is 14.1. The highest BCUT2D eigenvalue weighted by molar-refractivity contribution is 4.87. The standard InChI is InChI=1S/C21H40O5/c1-2-3-4-5-6-7-8-9-10-11-12-13-14-15-25-21-18(23)17-26-19(16-22)20(21)24/h7-8,18-24H,2-6,9-17H2,1H3/b8-7+/t18-,19+,20+,21+/m0/s1. The number of unbranched alkanes of at least 4 members (excludes halogenated alkanes) is 9. The number of aliphatic hydroxyl groups is 3. The Morgan fingerprint density at radius 3 is 2.19 bits per heavy atom. The van der Waals surface area contributed by atoms with Crippen LogP contribution in [0.1, 0.15) is 77.6 Å². The molecule has 5 nitrogen and oxygen atoms in total. The van der Waals surface area contributed by atoms with Crippen LogP contribution >= 0.6 is 0 Å². The molecular formula is C21H40O5. The molecule has 1 aliphatic rings. The SMILES string of the molecule is CCCCCC/C=C/CCCCCCCO[C@H]1[C@H](O)[C@@H](CO)OC[C@@H]1O. The third kappa shape index (κ3) is 10.0. The molecule has 1 fully saturated rings. The molecule has 0 unspecified atom stereocenters. The van der Waals surface area contributed by atoms with Crippen molar-refractivity contribution in [2.45, 2.75) is 102 Å². The first-order chi connectivity index (χ1) is 12.7. The first kappa shape index (κ1) is 23.6. The summed E-state index contributed by atoms with van der Waals surface area (Å²) in [5.41, 5.74) is 0. The highest BCUT2D eigenvalue weighted by Gasteiger charge is 2.38. The van der Waals surface area contributed by atoms with E-state index >= 15 is 0 Å². The Bertz CT molecular complexity index is 347. The Hall–Kier alpha value is -0.460. The maximum atomic E-state index is 10.0. The Labute approximate surface area is 159 Å². The summed E-state index contributed by atoms with van der Waals surface area (Å²) in [4.78, 5) is 0. The Morgan fingerprint density at radius 2 is 1.54 bits per heavy atom. The normalized spacial score (nSPS) is 26.6. The van der Waals surface area contributed by atoms with Crippen LogP contribution in [0.15, 0.2) is 12.2 Å². The lowest BCUT2D eigenvalue weighted by Crippen LogP contribution is -2.55. The highest BCUT2D eigenvalue weighted by atomic mass is 16.6. The molecule has 5 heteroatoms. The maximum Gasteiger partial charge on any atom is 0.114 e. The minimum atomic E-state index is -0.975. The van der Waals surface area contributed by atoms with Gasteiger partial charge in [0.15, 0.2) is 0 Å². The van der Waals surface area contributed by atoms with E-state index in [-0.39, 0.29) is 13.2 Å². The van der Waals surface area contributed by atoms with Crippen LogP contribution in [0, 0.1) is 0 Å². The van der Waals surface area contributed by atoms with E-state index in [1.165, 1.54) is 57.8 Å². The van der Waals surface area contributed by atoms with Gasteiger partial charge >= 0.3 is 0 Å². The van der Waals surface area contributed by atoms with E-state index in [2.05, 4.69) is 19.1 Å². The molecule has 0 radical (unpaired) electrons. The molecule has 1 saturated heterocycles. The number of ether oxygens (including phenoxy) is 2. The summed E-state index contributed by atoms with van der Waals surface area (Å²) in [6, 6.07) is 0. The van der Waals surface area contributed by atoms with E-state index in [1.807, 2.05) is 0 Å². The minimum absolute atomic E-state index is 0.0963. The van der Waals surface area contributed by atoms with Crippen LogP contribution in [0.3, 0.4) is 0 Å². The molecule has 1 rings (SSSR count). The van der Waals surface area contributed by atoms with E-state index < -0.39 is 24.4 Å². The zero-order chi connectivity index (χ0) is 19.0. The van der Waals surface area contributed by atoms with E-state index in [9.17, 15) is 10.2 Å². The lowest BCUT2D eigenvalue weighted by molar-refractivity contribution is -0.210. The molecule has 0 aromatic heterocycles. The number of hydrogen-bond donors (Lipinski definition) is 3. The molecule has 0 aromatic rings. The molecule has 26 heavy (non-hydrogen) atoms. The summed E-state index contributed by atoms with van der Waals surface area (Å²) < 4.78 is 10.8. The molecule has 0 saturated carbocycles. The average molecular weight is 373 g/mol. The second kappa shape index (κ2) is 15.6. The highest BCUT2D eigenvalue weighted by Crippen LogP contribution is 2.19. The van der Waals surface area contributed by atoms with Crippen molar-refractivity contribution >= 4 is 0 Å². The van der Waals surface area contributed by atoms with Gasteiger partial charge in [-0.25, -0.2) is 0 Å². The Morgan fingerprint density at radius 1 is 0.923 bits per heavy atom. The van der Waals surface area contributed by atoms with Crippen LogP contribution in [0.4, 0.5) is 0 Å². The van der Waals surface area contributed by atoms with Crippen LogP contribution < -0.4 is 0 Å². The summed E-state index contributed by atoms with van der Waals surface area (Å²) in [6.45, 7) is 2.60. The lowest BCUT2D eigenvalue weighted by atomic mass is 10.0. The van der Waals surface area contributed by atoms with Crippen LogP contribution in [-0.2, 0) is 9.47 Å². The summed E-state index contributed by atoms with van der Waals surface area (Å²) >= 11 is 0. The van der Waals surface area contributed by atoms with Crippen molar-refractivity contribution in [3.05, 3.63) is 12.2 Å². The fourth-order valence-electron chi connectivity index (χ4n) is 3.26. The van der Waals surface area contributed by atoms with Crippen LogP contribution in [-0.4, -0.2) is 59.6 Å². The van der Waals surface area contributed by atoms with Gasteiger partial charge in [-0.3, -0.25) is 0 Å². The molecule has 0 bridgehead atoms. The summed E-state index contributed by atoms with van der Waals surface area (Å²) in [5.74, 6) is 0. The molecule has 4 atom stereocenters. The van der Waals surface area contributed by atoms with Gasteiger partial charge in [-0.2, -0.15) is 0 Å². The van der Waals surface area contributed by atoms with Crippen molar-refractivity contribution in [2.75, 3.05) is 19.8 Å². The number of hydrogen-bond acceptors (Lipinski definition) is 5. The minimum Gasteiger partial charge on any atom is -0.394 e. The van der Waals surface area contributed by atoms with Gasteiger partial charge < -0.3 is 24.8 Å². The second-order valence-electron chi connectivity index (χ2n) is 7.32. The molecule has 3 N–H and O–H groups in total. The summed E-state index contributed by atoms with van der Waals surface area (Å²) in [7, 11) is 0. The molecular weight excluding hydrogens is 332 g/mol. The van der Waals surface area contributed by atoms with Crippen molar-refractivity contribution in [2.24, 2.45) is 0 Å². The summed E-state index contributed by atoms with van der Waals surface area (Å²) in [6.07, 6.45) is 14.9. The van der Waals surface area contributed by atoms with Gasteiger partial charge in [0.1, 0.15) is 24.4 Å². The van der Waals surface area contributed by atoms with Gasteiger partial charge in [0, 0.05) is 6.61 Å². The molecule has 0 aromatic carbocycles. The van der Waals surface area contributed by atoms with Gasteiger partial charge in [-0.05, 0) is 32.1 Å². The maximum absolute atomic E-state index is 10.0. The van der Waals surface area contributed by atoms with Crippen LogP contribution in [0.2, 0.25) is 0 Å². The van der Waals surface area contributed by atoms with E-state index in [0.29, 0.717) is 6.61 Å². The molecule has 0 amide bonds. The third-order valence-corrected chi connectivity index (χ3v) is 4.97. The smallest absolute Gasteiger partial charge is 0.114 e. The quantitative estimate of drug-likeness (QED) is 0.303. The predicted octanol–water partition coefficient (Wildman–Crippen LogP) is 3.35. The third-order valence-electron chi connectivity index (χ3n) is 4.97. The number of allylic oxidation sites excluding steroid dienone is 2. The second-order valence-corrected chi connectivity index (χ2v) is 7.32. The van der Waals surface area contributed by atoms with E-state index in [4.69, 9.17) is 14.6 Å². The molecule has 1 heterocycles. The average Bonchev–Trinajstić information content (AvgIpc) is 2.64. The van der Waals surface area contributed by atoms with E-state index in [0.717, 1.165) is 12.8 Å². The lowest BCUT2D eigenvalue weighted by Gasteiger charge is -2.37. The van der Waals surface area contributed by atoms with Crippen LogP contribution in [0.5, 0.6) is 0 Å². The van der Waals surface area contributed by atoms with E-state index in [1.54, 1.807) is 0 Å². The fraction of sp³-hybridized carbons (Fsp3) is 0.905. The molecule has 1 aliphatic heterocycles. The van der Waals surface area contributed by atoms with Gasteiger partial charge in [0.2, 0.25) is 0 Å². The molecule has 0 spiro atoms.